The van der Waals surface area contributed by atoms with Crippen molar-refractivity contribution in [1.82, 2.24) is 0 Å². The van der Waals surface area contributed by atoms with Crippen LogP contribution in [0, 0.1) is 0 Å². The van der Waals surface area contributed by atoms with Gasteiger partial charge in [0.05, 0.1) is 7.11 Å². The molecule has 0 saturated carbocycles. The largest absolute Gasteiger partial charge is 0.495 e. The lowest BCUT2D eigenvalue weighted by molar-refractivity contribution is 0.168. The Kier molecular flexibility index (Phi) is 3.79. The smallest absolute Gasteiger partial charge is 0.179 e. The predicted octanol–water partition coefficient (Wildman–Crippen LogP) is 2.32. The lowest BCUT2D eigenvalue weighted by Gasteiger charge is -2.24. The molecule has 1 N–H and O–H groups in total. The molecule has 1 heterocycles. The van der Waals surface area contributed by atoms with Gasteiger partial charge < -0.3 is 19.3 Å². The van der Waals surface area contributed by atoms with Crippen LogP contribution in [0.5, 0.6) is 17.2 Å². The number of aliphatic hydroxyl groups is 1. The van der Waals surface area contributed by atoms with E-state index in [0.717, 1.165) is 10.0 Å². The Morgan fingerprint density at radius 2 is 2.18 bits per heavy atom. The molecule has 0 fully saturated rings. The number of aliphatic hydroxyl groups excluding tert-OH is 1. The summed E-state index contributed by atoms with van der Waals surface area (Å²) in [7, 11) is 1.60. The molecule has 0 bridgehead atoms. The van der Waals surface area contributed by atoms with Crippen LogP contribution in [0.1, 0.15) is 18.4 Å². The highest BCUT2D eigenvalue weighted by atomic mass is 79.9. The summed E-state index contributed by atoms with van der Waals surface area (Å²) >= 11 is 3.46. The molecular weight excluding hydrogens is 288 g/mol. The van der Waals surface area contributed by atoms with E-state index in [1.54, 1.807) is 7.11 Å². The zero-order valence-electron chi connectivity index (χ0n) is 9.83. The first-order valence-electron chi connectivity index (χ1n) is 5.45. The van der Waals surface area contributed by atoms with Crippen molar-refractivity contribution in [2.75, 3.05) is 26.9 Å². The van der Waals surface area contributed by atoms with E-state index in [1.807, 2.05) is 13.0 Å². The SMILES string of the molecule is COc1c(C(C)CO)cc2c(c1Br)OCCO2. The maximum Gasteiger partial charge on any atom is 0.179 e. The number of fused-ring (bicyclic) bond motifs is 1. The average molecular weight is 303 g/mol. The molecule has 0 aliphatic carbocycles. The van der Waals surface area contributed by atoms with Crippen LogP contribution in [0.3, 0.4) is 0 Å². The summed E-state index contributed by atoms with van der Waals surface area (Å²) in [5.74, 6) is 2.04. The van der Waals surface area contributed by atoms with E-state index in [1.165, 1.54) is 0 Å². The molecule has 1 atom stereocenters. The fourth-order valence-electron chi connectivity index (χ4n) is 1.82. The van der Waals surface area contributed by atoms with Gasteiger partial charge in [0, 0.05) is 18.1 Å². The molecule has 1 aromatic carbocycles. The van der Waals surface area contributed by atoms with Crippen LogP contribution in [0.25, 0.3) is 0 Å². The Balaban J connectivity index is 2.55. The van der Waals surface area contributed by atoms with Crippen LogP contribution in [-0.2, 0) is 0 Å². The zero-order chi connectivity index (χ0) is 12.4. The number of methoxy groups -OCH3 is 1. The highest BCUT2D eigenvalue weighted by Gasteiger charge is 2.24. The van der Waals surface area contributed by atoms with Crippen molar-refractivity contribution in [3.8, 4) is 17.2 Å². The van der Waals surface area contributed by atoms with Crippen LogP contribution < -0.4 is 14.2 Å². The van der Waals surface area contributed by atoms with E-state index >= 15 is 0 Å². The maximum absolute atomic E-state index is 9.26. The number of hydrogen-bond donors (Lipinski definition) is 1. The van der Waals surface area contributed by atoms with Gasteiger partial charge in [0.25, 0.3) is 0 Å². The molecular formula is C12H15BrO4. The van der Waals surface area contributed by atoms with Gasteiger partial charge in [-0.3, -0.25) is 0 Å². The second kappa shape index (κ2) is 5.14. The van der Waals surface area contributed by atoms with Gasteiger partial charge in [-0.2, -0.15) is 0 Å². The topological polar surface area (TPSA) is 47.9 Å². The standard InChI is InChI=1S/C12H15BrO4/c1-7(6-14)8-5-9-12(17-4-3-16-9)10(13)11(8)15-2/h5,7,14H,3-4,6H2,1-2H3. The first-order chi connectivity index (χ1) is 8.19. The summed E-state index contributed by atoms with van der Waals surface area (Å²) in [5.41, 5.74) is 0.908. The first-order valence-corrected chi connectivity index (χ1v) is 6.25. The van der Waals surface area contributed by atoms with E-state index in [9.17, 15) is 5.11 Å². The van der Waals surface area contributed by atoms with Gasteiger partial charge in [0.1, 0.15) is 23.4 Å². The van der Waals surface area contributed by atoms with Gasteiger partial charge in [0.15, 0.2) is 11.5 Å². The highest BCUT2D eigenvalue weighted by molar-refractivity contribution is 9.10. The predicted molar refractivity (Wildman–Crippen MR) is 67.2 cm³/mol. The van der Waals surface area contributed by atoms with Crippen molar-refractivity contribution in [2.24, 2.45) is 0 Å². The zero-order valence-corrected chi connectivity index (χ0v) is 11.4. The third-order valence-electron chi connectivity index (χ3n) is 2.77. The van der Waals surface area contributed by atoms with E-state index in [0.29, 0.717) is 30.5 Å². The molecule has 1 aliphatic heterocycles. The Labute approximate surface area is 109 Å². The van der Waals surface area contributed by atoms with Crippen LogP contribution in [0.4, 0.5) is 0 Å². The van der Waals surface area contributed by atoms with Crippen molar-refractivity contribution in [3.63, 3.8) is 0 Å². The molecule has 2 rings (SSSR count). The summed E-state index contributed by atoms with van der Waals surface area (Å²) in [6.07, 6.45) is 0. The summed E-state index contributed by atoms with van der Waals surface area (Å²) in [6.45, 7) is 3.06. The number of hydrogen-bond acceptors (Lipinski definition) is 4. The summed E-state index contributed by atoms with van der Waals surface area (Å²) in [4.78, 5) is 0. The normalized spacial score (nSPS) is 15.5. The Morgan fingerprint density at radius 1 is 1.47 bits per heavy atom. The van der Waals surface area contributed by atoms with Gasteiger partial charge in [-0.25, -0.2) is 0 Å². The van der Waals surface area contributed by atoms with E-state index in [-0.39, 0.29) is 12.5 Å². The van der Waals surface area contributed by atoms with Gasteiger partial charge in [-0.15, -0.1) is 0 Å². The molecule has 0 spiro atoms. The fourth-order valence-corrected chi connectivity index (χ4v) is 2.52. The second-order valence-corrected chi connectivity index (χ2v) is 4.71. The quantitative estimate of drug-likeness (QED) is 0.931. The summed E-state index contributed by atoms with van der Waals surface area (Å²) < 4.78 is 17.2. The van der Waals surface area contributed by atoms with Crippen LogP contribution in [-0.4, -0.2) is 32.0 Å². The molecule has 0 aromatic heterocycles. The molecule has 94 valence electrons. The monoisotopic (exact) mass is 302 g/mol. The Bertz CT molecular complexity index is 419. The van der Waals surface area contributed by atoms with E-state index < -0.39 is 0 Å². The maximum atomic E-state index is 9.26. The van der Waals surface area contributed by atoms with E-state index in [4.69, 9.17) is 14.2 Å². The van der Waals surface area contributed by atoms with Crippen molar-refractivity contribution in [2.45, 2.75) is 12.8 Å². The molecule has 17 heavy (non-hydrogen) atoms. The van der Waals surface area contributed by atoms with Crippen LogP contribution >= 0.6 is 15.9 Å². The minimum atomic E-state index is -0.0166. The van der Waals surface area contributed by atoms with Crippen molar-refractivity contribution in [1.29, 1.82) is 0 Å². The Morgan fingerprint density at radius 3 is 2.82 bits per heavy atom. The van der Waals surface area contributed by atoms with E-state index in [2.05, 4.69) is 15.9 Å². The minimum absolute atomic E-state index is 0.0166. The highest BCUT2D eigenvalue weighted by Crippen LogP contribution is 2.47. The molecule has 4 nitrogen and oxygen atoms in total. The van der Waals surface area contributed by atoms with Crippen LogP contribution in [0.15, 0.2) is 10.5 Å². The molecule has 1 unspecified atom stereocenters. The van der Waals surface area contributed by atoms with Crippen LogP contribution in [0.2, 0.25) is 0 Å². The van der Waals surface area contributed by atoms with Gasteiger partial charge >= 0.3 is 0 Å². The van der Waals surface area contributed by atoms with Crippen molar-refractivity contribution >= 4 is 15.9 Å². The molecule has 0 saturated heterocycles. The number of ether oxygens (including phenoxy) is 3. The molecule has 5 heteroatoms. The van der Waals surface area contributed by atoms with Gasteiger partial charge in [-0.05, 0) is 22.0 Å². The number of rotatable bonds is 3. The van der Waals surface area contributed by atoms with Gasteiger partial charge in [0.2, 0.25) is 0 Å². The Hall–Kier alpha value is -0.940. The average Bonchev–Trinajstić information content (AvgIpc) is 2.37. The fraction of sp³-hybridized carbons (Fsp3) is 0.500. The van der Waals surface area contributed by atoms with Crippen molar-refractivity contribution in [3.05, 3.63) is 16.1 Å². The lowest BCUT2D eigenvalue weighted by atomic mass is 10.00. The molecule has 1 aliphatic rings. The second-order valence-electron chi connectivity index (χ2n) is 3.92. The van der Waals surface area contributed by atoms with Gasteiger partial charge in [-0.1, -0.05) is 6.92 Å². The summed E-state index contributed by atoms with van der Waals surface area (Å²) in [5, 5.41) is 9.26. The lowest BCUT2D eigenvalue weighted by Crippen LogP contribution is -2.17. The number of benzene rings is 1. The molecule has 1 aromatic rings. The first kappa shape index (κ1) is 12.5. The number of halogens is 1. The molecule has 0 amide bonds. The summed E-state index contributed by atoms with van der Waals surface area (Å²) in [6, 6.07) is 1.87. The third kappa shape index (κ3) is 2.21. The molecule has 0 radical (unpaired) electrons. The minimum Gasteiger partial charge on any atom is -0.495 e. The van der Waals surface area contributed by atoms with Crippen molar-refractivity contribution < 1.29 is 19.3 Å². The third-order valence-corrected chi connectivity index (χ3v) is 3.49.